The molecule has 4 rings (SSSR count). The predicted octanol–water partition coefficient (Wildman–Crippen LogP) is 7.92. The molecule has 0 saturated heterocycles. The molecular weight excluding hydrogens is 438 g/mol. The van der Waals surface area contributed by atoms with Gasteiger partial charge >= 0.3 is 0 Å². The van der Waals surface area contributed by atoms with Gasteiger partial charge in [0, 0.05) is 6.07 Å². The van der Waals surface area contributed by atoms with E-state index in [2.05, 4.69) is 0 Å². The Morgan fingerprint density at radius 3 is 1.60 bits per heavy atom. The second-order valence-corrected chi connectivity index (χ2v) is 9.04. The lowest BCUT2D eigenvalue weighted by Crippen LogP contribution is -2.14. The van der Waals surface area contributed by atoms with Gasteiger partial charge in [-0.3, -0.25) is 0 Å². The van der Waals surface area contributed by atoms with E-state index in [1.165, 1.54) is 0 Å². The van der Waals surface area contributed by atoms with Gasteiger partial charge in [0.2, 0.25) is 0 Å². The van der Waals surface area contributed by atoms with Crippen molar-refractivity contribution in [1.29, 1.82) is 0 Å². The monoisotopic (exact) mass is 469 g/mol. The highest BCUT2D eigenvalue weighted by atomic mass is 16.5. The highest BCUT2D eigenvalue weighted by Crippen LogP contribution is 2.48. The van der Waals surface area contributed by atoms with Crippen molar-refractivity contribution in [2.75, 3.05) is 4.90 Å². The molecule has 0 aliphatic rings. The fourth-order valence-electron chi connectivity index (χ4n) is 4.22. The van der Waals surface area contributed by atoms with Crippen LogP contribution in [-0.2, 0) is 0 Å². The van der Waals surface area contributed by atoms with Crippen LogP contribution in [0.25, 0.3) is 0 Å². The Bertz CT molecular complexity index is 1370. The maximum atomic E-state index is 11.0. The minimum absolute atomic E-state index is 0.0645. The molecular formula is C30H31NO4. The zero-order valence-electron chi connectivity index (χ0n) is 21.0. The summed E-state index contributed by atoms with van der Waals surface area (Å²) in [5, 5.41) is 32.4. The number of ether oxygens (including phenoxy) is 1. The molecule has 0 saturated carbocycles. The second-order valence-electron chi connectivity index (χ2n) is 9.04. The third-order valence-corrected chi connectivity index (χ3v) is 6.76. The van der Waals surface area contributed by atoms with Crippen LogP contribution < -0.4 is 9.64 Å². The van der Waals surface area contributed by atoms with Crippen molar-refractivity contribution >= 4 is 17.1 Å². The summed E-state index contributed by atoms with van der Waals surface area (Å²) in [5.41, 5.74) is 7.54. The van der Waals surface area contributed by atoms with Crippen molar-refractivity contribution in [3.05, 3.63) is 94.0 Å². The fourth-order valence-corrected chi connectivity index (χ4v) is 4.22. The third-order valence-electron chi connectivity index (χ3n) is 6.76. The molecule has 0 radical (unpaired) electrons. The van der Waals surface area contributed by atoms with Crippen LogP contribution in [0.3, 0.4) is 0 Å². The smallest absolute Gasteiger partial charge is 0.172 e. The molecule has 0 atom stereocenters. The molecule has 0 aliphatic carbocycles. The Kier molecular flexibility index (Phi) is 6.35. The largest absolute Gasteiger partial charge is 0.506 e. The number of aryl methyl sites for hydroxylation is 3. The van der Waals surface area contributed by atoms with Crippen molar-refractivity contribution < 1.29 is 20.1 Å². The SMILES string of the molecule is Cc1ccc(O)c(Oc2cccc(N(c3c(O)ccc(C)c3C)c3c(O)ccc(C)c3C)c2)c1C. The zero-order valence-corrected chi connectivity index (χ0v) is 21.0. The van der Waals surface area contributed by atoms with E-state index < -0.39 is 0 Å². The average Bonchev–Trinajstić information content (AvgIpc) is 2.83. The topological polar surface area (TPSA) is 73.2 Å². The fraction of sp³-hybridized carbons (Fsp3) is 0.200. The average molecular weight is 470 g/mol. The lowest BCUT2D eigenvalue weighted by atomic mass is 10.0. The summed E-state index contributed by atoms with van der Waals surface area (Å²) in [6.07, 6.45) is 0. The number of rotatable bonds is 5. The van der Waals surface area contributed by atoms with Crippen molar-refractivity contribution in [2.24, 2.45) is 0 Å². The molecule has 35 heavy (non-hydrogen) atoms. The Morgan fingerprint density at radius 2 is 1.06 bits per heavy atom. The third kappa shape index (κ3) is 4.37. The van der Waals surface area contributed by atoms with Crippen LogP contribution in [0.1, 0.15) is 33.4 Å². The van der Waals surface area contributed by atoms with Gasteiger partial charge in [0.15, 0.2) is 11.5 Å². The first-order valence-corrected chi connectivity index (χ1v) is 11.6. The van der Waals surface area contributed by atoms with Crippen molar-refractivity contribution in [3.63, 3.8) is 0 Å². The molecule has 0 amide bonds. The number of nitrogens with zero attached hydrogens (tertiary/aromatic N) is 1. The first-order chi connectivity index (χ1) is 16.6. The van der Waals surface area contributed by atoms with Crippen LogP contribution in [-0.4, -0.2) is 15.3 Å². The Hall–Kier alpha value is -4.12. The van der Waals surface area contributed by atoms with Crippen LogP contribution in [0, 0.1) is 41.5 Å². The van der Waals surface area contributed by atoms with Crippen LogP contribution in [0.15, 0.2) is 60.7 Å². The molecule has 0 unspecified atom stereocenters. The molecule has 0 fully saturated rings. The summed E-state index contributed by atoms with van der Waals surface area (Å²) in [6, 6.07) is 18.0. The number of phenolic OH excluding ortho intramolecular Hbond substituents is 3. The van der Waals surface area contributed by atoms with Crippen molar-refractivity contribution in [1.82, 2.24) is 0 Å². The standard InChI is InChI=1S/C30H31NO4/c1-17-10-13-25(32)28(20(17)4)31(29-21(5)18(2)11-14-26(29)33)23-8-7-9-24(16-23)35-30-22(6)19(3)12-15-27(30)34/h7-16,32-34H,1-6H3. The Balaban J connectivity index is 1.94. The van der Waals surface area contributed by atoms with E-state index in [9.17, 15) is 15.3 Å². The minimum Gasteiger partial charge on any atom is -0.506 e. The maximum absolute atomic E-state index is 11.0. The van der Waals surface area contributed by atoms with Crippen molar-refractivity contribution in [2.45, 2.75) is 41.5 Å². The number of hydrogen-bond acceptors (Lipinski definition) is 5. The zero-order chi connectivity index (χ0) is 25.4. The Labute approximate surface area is 206 Å². The van der Waals surface area contributed by atoms with Gasteiger partial charge in [0.1, 0.15) is 17.2 Å². The summed E-state index contributed by atoms with van der Waals surface area (Å²) in [5.74, 6) is 1.19. The van der Waals surface area contributed by atoms with Gasteiger partial charge < -0.3 is 25.0 Å². The molecule has 5 heteroatoms. The van der Waals surface area contributed by atoms with E-state index in [-0.39, 0.29) is 17.2 Å². The highest BCUT2D eigenvalue weighted by Gasteiger charge is 2.24. The van der Waals surface area contributed by atoms with Crippen LogP contribution in [0.5, 0.6) is 28.7 Å². The van der Waals surface area contributed by atoms with Crippen LogP contribution in [0.4, 0.5) is 17.1 Å². The molecule has 4 aromatic carbocycles. The van der Waals surface area contributed by atoms with E-state index in [0.717, 1.165) is 33.4 Å². The van der Waals surface area contributed by atoms with Gasteiger partial charge in [-0.25, -0.2) is 0 Å². The number of hydrogen-bond donors (Lipinski definition) is 3. The van der Waals surface area contributed by atoms with Gasteiger partial charge in [0.25, 0.3) is 0 Å². The number of phenols is 3. The minimum atomic E-state index is 0.0645. The number of anilines is 3. The summed E-state index contributed by atoms with van der Waals surface area (Å²) >= 11 is 0. The molecule has 0 aliphatic heterocycles. The lowest BCUT2D eigenvalue weighted by Gasteiger charge is -2.31. The van der Waals surface area contributed by atoms with E-state index in [1.807, 2.05) is 88.9 Å². The lowest BCUT2D eigenvalue weighted by molar-refractivity contribution is 0.408. The van der Waals surface area contributed by atoms with Gasteiger partial charge in [-0.2, -0.15) is 0 Å². The van der Waals surface area contributed by atoms with Crippen LogP contribution >= 0.6 is 0 Å². The predicted molar refractivity (Wildman–Crippen MR) is 141 cm³/mol. The molecule has 5 nitrogen and oxygen atoms in total. The van der Waals surface area contributed by atoms with E-state index >= 15 is 0 Å². The highest BCUT2D eigenvalue weighted by molar-refractivity contribution is 5.87. The van der Waals surface area contributed by atoms with Gasteiger partial charge in [-0.15, -0.1) is 0 Å². The summed E-state index contributed by atoms with van der Waals surface area (Å²) < 4.78 is 6.15. The molecule has 0 spiro atoms. The van der Waals surface area contributed by atoms with Crippen molar-refractivity contribution in [3.8, 4) is 28.7 Å². The number of benzene rings is 4. The van der Waals surface area contributed by atoms with E-state index in [4.69, 9.17) is 4.74 Å². The first-order valence-electron chi connectivity index (χ1n) is 11.6. The molecule has 0 bridgehead atoms. The normalized spacial score (nSPS) is 10.9. The second kappa shape index (κ2) is 9.26. The molecule has 4 aromatic rings. The summed E-state index contributed by atoms with van der Waals surface area (Å²) in [4.78, 5) is 1.87. The van der Waals surface area contributed by atoms with Crippen LogP contribution in [0.2, 0.25) is 0 Å². The Morgan fingerprint density at radius 1 is 0.571 bits per heavy atom. The molecule has 3 N–H and O–H groups in total. The molecule has 0 heterocycles. The first kappa shape index (κ1) is 24.0. The molecule has 180 valence electrons. The van der Waals surface area contributed by atoms with Gasteiger partial charge in [0.05, 0.1) is 17.1 Å². The van der Waals surface area contributed by atoms with E-state index in [0.29, 0.717) is 28.6 Å². The number of aromatic hydroxyl groups is 3. The summed E-state index contributed by atoms with van der Waals surface area (Å²) in [6.45, 7) is 11.8. The van der Waals surface area contributed by atoms with Gasteiger partial charge in [-0.05, 0) is 105 Å². The molecule has 0 aromatic heterocycles. The van der Waals surface area contributed by atoms with Gasteiger partial charge in [-0.1, -0.05) is 24.3 Å². The van der Waals surface area contributed by atoms with E-state index in [1.54, 1.807) is 18.2 Å². The summed E-state index contributed by atoms with van der Waals surface area (Å²) in [7, 11) is 0. The maximum Gasteiger partial charge on any atom is 0.172 e. The quantitative estimate of drug-likeness (QED) is 0.277.